The summed E-state index contributed by atoms with van der Waals surface area (Å²) in [4.78, 5) is 17.7. The topological polar surface area (TPSA) is 73.0 Å². The Labute approximate surface area is 175 Å². The van der Waals surface area contributed by atoms with Crippen LogP contribution in [0.3, 0.4) is 0 Å². The molecule has 0 saturated carbocycles. The molecule has 0 aliphatic carbocycles. The molecule has 0 aliphatic heterocycles. The van der Waals surface area contributed by atoms with E-state index in [1.54, 1.807) is 30.7 Å². The van der Waals surface area contributed by atoms with Crippen molar-refractivity contribution in [3.63, 3.8) is 0 Å². The number of furan rings is 1. The Bertz CT molecular complexity index is 1320. The van der Waals surface area contributed by atoms with Crippen LogP contribution in [0.5, 0.6) is 0 Å². The number of aryl methyl sites for hydroxylation is 2. The fraction of sp³-hybridized carbons (Fsp3) is 0.227. The summed E-state index contributed by atoms with van der Waals surface area (Å²) in [7, 11) is 0. The first-order valence-electron chi connectivity index (χ1n) is 9.58. The van der Waals surface area contributed by atoms with Gasteiger partial charge in [-0.3, -0.25) is 4.79 Å². The van der Waals surface area contributed by atoms with Gasteiger partial charge in [0.1, 0.15) is 11.5 Å². The van der Waals surface area contributed by atoms with E-state index in [2.05, 4.69) is 15.4 Å². The molecule has 3 heterocycles. The van der Waals surface area contributed by atoms with Crippen LogP contribution in [0, 0.1) is 31.3 Å². The van der Waals surface area contributed by atoms with Crippen molar-refractivity contribution in [2.45, 2.75) is 33.7 Å². The predicted octanol–water partition coefficient (Wildman–Crippen LogP) is 5.56. The maximum Gasteiger partial charge on any atom is 0.256 e. The number of benzene rings is 1. The third-order valence-corrected chi connectivity index (χ3v) is 4.90. The molecule has 0 bridgehead atoms. The van der Waals surface area contributed by atoms with E-state index >= 15 is 0 Å². The Kier molecular flexibility index (Phi) is 5.04. The first kappa shape index (κ1) is 20.6. The minimum atomic E-state index is -1.66. The molecule has 0 spiro atoms. The van der Waals surface area contributed by atoms with Gasteiger partial charge in [0.15, 0.2) is 23.1 Å². The molecule has 0 atom stereocenters. The lowest BCUT2D eigenvalue weighted by Crippen LogP contribution is -2.15. The average Bonchev–Trinajstić information content (AvgIpc) is 3.30. The number of pyridine rings is 1. The molecule has 4 rings (SSSR count). The Morgan fingerprint density at radius 3 is 2.52 bits per heavy atom. The summed E-state index contributed by atoms with van der Waals surface area (Å²) in [5.41, 5.74) is 1.32. The van der Waals surface area contributed by atoms with Crippen molar-refractivity contribution < 1.29 is 22.4 Å². The summed E-state index contributed by atoms with van der Waals surface area (Å²) in [5.74, 6) is -3.87. The van der Waals surface area contributed by atoms with E-state index in [0.29, 0.717) is 33.8 Å². The lowest BCUT2D eigenvalue weighted by Gasteiger charge is -2.11. The van der Waals surface area contributed by atoms with Gasteiger partial charge in [-0.25, -0.2) is 22.8 Å². The van der Waals surface area contributed by atoms with E-state index in [1.807, 2.05) is 13.8 Å². The number of nitrogens with zero attached hydrogens (tertiary/aromatic N) is 3. The normalized spacial score (nSPS) is 11.5. The van der Waals surface area contributed by atoms with Crippen LogP contribution >= 0.6 is 0 Å². The molecule has 3 aromatic heterocycles. The number of halogens is 3. The third-order valence-electron chi connectivity index (χ3n) is 4.90. The Hall–Kier alpha value is -3.62. The van der Waals surface area contributed by atoms with Crippen LogP contribution in [0.25, 0.3) is 22.3 Å². The first-order chi connectivity index (χ1) is 14.7. The quantitative estimate of drug-likeness (QED) is 0.432. The van der Waals surface area contributed by atoms with Crippen LogP contribution in [-0.2, 0) is 0 Å². The molecular formula is C22H19F3N4O2. The summed E-state index contributed by atoms with van der Waals surface area (Å²) in [5, 5.41) is 7.07. The number of hydrogen-bond donors (Lipinski definition) is 1. The summed E-state index contributed by atoms with van der Waals surface area (Å²) < 4.78 is 48.2. The van der Waals surface area contributed by atoms with Gasteiger partial charge in [-0.2, -0.15) is 5.10 Å². The van der Waals surface area contributed by atoms with Crippen molar-refractivity contribution in [3.8, 4) is 11.3 Å². The molecule has 1 N–H and O–H groups in total. The molecule has 1 amide bonds. The average molecular weight is 428 g/mol. The van der Waals surface area contributed by atoms with E-state index in [0.717, 1.165) is 12.1 Å². The van der Waals surface area contributed by atoms with Crippen LogP contribution in [0.2, 0.25) is 0 Å². The second kappa shape index (κ2) is 7.57. The SMILES string of the molecule is Cc1cc(-c2cc(C(=O)Nc3ccc(F)c(F)c3F)c3cnn(C(C)C)c3n2)c(C)o1. The predicted molar refractivity (Wildman–Crippen MR) is 109 cm³/mol. The van der Waals surface area contributed by atoms with Crippen molar-refractivity contribution in [2.24, 2.45) is 0 Å². The summed E-state index contributed by atoms with van der Waals surface area (Å²) >= 11 is 0. The zero-order valence-corrected chi connectivity index (χ0v) is 17.3. The maximum absolute atomic E-state index is 14.1. The van der Waals surface area contributed by atoms with Gasteiger partial charge in [-0.1, -0.05) is 0 Å². The molecule has 31 heavy (non-hydrogen) atoms. The highest BCUT2D eigenvalue weighted by molar-refractivity contribution is 6.12. The lowest BCUT2D eigenvalue weighted by molar-refractivity contribution is 0.102. The number of carbonyl (C=O) groups is 1. The minimum Gasteiger partial charge on any atom is -0.466 e. The van der Waals surface area contributed by atoms with Gasteiger partial charge in [-0.15, -0.1) is 0 Å². The van der Waals surface area contributed by atoms with Gasteiger partial charge < -0.3 is 9.73 Å². The van der Waals surface area contributed by atoms with E-state index in [1.165, 1.54) is 6.20 Å². The van der Waals surface area contributed by atoms with E-state index < -0.39 is 29.0 Å². The fourth-order valence-corrected chi connectivity index (χ4v) is 3.42. The minimum absolute atomic E-state index is 0.0352. The Balaban J connectivity index is 1.87. The van der Waals surface area contributed by atoms with E-state index in [9.17, 15) is 18.0 Å². The Morgan fingerprint density at radius 1 is 1.13 bits per heavy atom. The number of amides is 1. The number of carbonyl (C=O) groups excluding carboxylic acids is 1. The van der Waals surface area contributed by atoms with Crippen LogP contribution in [0.4, 0.5) is 18.9 Å². The monoisotopic (exact) mass is 428 g/mol. The van der Waals surface area contributed by atoms with Crippen molar-refractivity contribution in [2.75, 3.05) is 5.32 Å². The molecule has 0 fully saturated rings. The molecule has 1 aromatic carbocycles. The van der Waals surface area contributed by atoms with Crippen molar-refractivity contribution in [1.29, 1.82) is 0 Å². The zero-order chi connectivity index (χ0) is 22.4. The summed E-state index contributed by atoms with van der Waals surface area (Å²) in [6.07, 6.45) is 1.50. The molecule has 0 saturated heterocycles. The number of hydrogen-bond acceptors (Lipinski definition) is 4. The van der Waals surface area contributed by atoms with Crippen LogP contribution in [-0.4, -0.2) is 20.7 Å². The molecule has 4 aromatic rings. The van der Waals surface area contributed by atoms with Crippen LogP contribution in [0.15, 0.2) is 34.9 Å². The third kappa shape index (κ3) is 3.56. The molecular weight excluding hydrogens is 409 g/mol. The second-order valence-corrected chi connectivity index (χ2v) is 7.48. The molecule has 0 radical (unpaired) electrons. The second-order valence-electron chi connectivity index (χ2n) is 7.48. The van der Waals surface area contributed by atoms with Gasteiger partial charge in [0.05, 0.1) is 28.5 Å². The summed E-state index contributed by atoms with van der Waals surface area (Å²) in [6.45, 7) is 7.42. The van der Waals surface area contributed by atoms with Crippen LogP contribution in [0.1, 0.15) is 41.8 Å². The molecule has 0 aliphatic rings. The maximum atomic E-state index is 14.1. The van der Waals surface area contributed by atoms with E-state index in [-0.39, 0.29) is 11.6 Å². The molecule has 9 heteroatoms. The molecule has 6 nitrogen and oxygen atoms in total. The molecule has 160 valence electrons. The van der Waals surface area contributed by atoms with Gasteiger partial charge in [0.25, 0.3) is 5.91 Å². The number of aromatic nitrogens is 3. The van der Waals surface area contributed by atoms with Gasteiger partial charge in [-0.05, 0) is 52.0 Å². The number of nitrogens with one attached hydrogen (secondary N) is 1. The van der Waals surface area contributed by atoms with Gasteiger partial charge in [0.2, 0.25) is 0 Å². The molecule has 0 unspecified atom stereocenters. The van der Waals surface area contributed by atoms with Crippen molar-refractivity contribution in [3.05, 3.63) is 65.0 Å². The van der Waals surface area contributed by atoms with Gasteiger partial charge >= 0.3 is 0 Å². The lowest BCUT2D eigenvalue weighted by atomic mass is 10.1. The number of rotatable bonds is 4. The highest BCUT2D eigenvalue weighted by atomic mass is 19.2. The number of fused-ring (bicyclic) bond motifs is 1. The van der Waals surface area contributed by atoms with E-state index in [4.69, 9.17) is 4.42 Å². The zero-order valence-electron chi connectivity index (χ0n) is 17.3. The van der Waals surface area contributed by atoms with Gasteiger partial charge in [0, 0.05) is 11.6 Å². The smallest absolute Gasteiger partial charge is 0.256 e. The Morgan fingerprint density at radius 2 is 1.87 bits per heavy atom. The largest absolute Gasteiger partial charge is 0.466 e. The summed E-state index contributed by atoms with van der Waals surface area (Å²) in [6, 6.07) is 5.02. The number of anilines is 1. The fourth-order valence-electron chi connectivity index (χ4n) is 3.42. The first-order valence-corrected chi connectivity index (χ1v) is 9.58. The van der Waals surface area contributed by atoms with Crippen LogP contribution < -0.4 is 5.32 Å². The van der Waals surface area contributed by atoms with Crippen molar-refractivity contribution >= 4 is 22.6 Å². The highest BCUT2D eigenvalue weighted by Crippen LogP contribution is 2.31. The standard InChI is InChI=1S/C22H19F3N4O2/c1-10(2)29-21-15(9-26-29)14(8-18(27-21)13-7-11(3)31-12(13)4)22(30)28-17-6-5-16(23)19(24)20(17)25/h5-10H,1-4H3,(H,28,30). The highest BCUT2D eigenvalue weighted by Gasteiger charge is 2.22. The van der Waals surface area contributed by atoms with Crippen molar-refractivity contribution in [1.82, 2.24) is 14.8 Å².